The predicted molar refractivity (Wildman–Crippen MR) is 51.7 cm³/mol. The second-order valence-corrected chi connectivity index (χ2v) is 5.49. The van der Waals surface area contributed by atoms with Crippen LogP contribution in [0.25, 0.3) is 0 Å². The van der Waals surface area contributed by atoms with Crippen LogP contribution in [-0.4, -0.2) is 24.8 Å². The van der Waals surface area contributed by atoms with Crippen LogP contribution in [0.2, 0.25) is 0 Å². The SMILES string of the molecule is COC(=O)[C@H]1[C@H]([C@H]2OC2(C)C)C1(C)C. The molecule has 1 saturated heterocycles. The molecule has 0 radical (unpaired) electrons. The van der Waals surface area contributed by atoms with Gasteiger partial charge < -0.3 is 9.47 Å². The van der Waals surface area contributed by atoms with Crippen molar-refractivity contribution in [1.29, 1.82) is 0 Å². The summed E-state index contributed by atoms with van der Waals surface area (Å²) >= 11 is 0. The van der Waals surface area contributed by atoms with Gasteiger partial charge in [0, 0.05) is 5.92 Å². The van der Waals surface area contributed by atoms with Crippen molar-refractivity contribution in [2.45, 2.75) is 39.4 Å². The molecule has 2 rings (SSSR count). The highest BCUT2D eigenvalue weighted by Crippen LogP contribution is 2.66. The number of epoxide rings is 1. The Morgan fingerprint density at radius 2 is 1.79 bits per heavy atom. The second-order valence-electron chi connectivity index (χ2n) is 5.49. The molecule has 0 aromatic rings. The maximum atomic E-state index is 11.5. The van der Waals surface area contributed by atoms with E-state index in [1.54, 1.807) is 0 Å². The maximum Gasteiger partial charge on any atom is 0.309 e. The van der Waals surface area contributed by atoms with Gasteiger partial charge >= 0.3 is 5.97 Å². The highest BCUT2D eigenvalue weighted by molar-refractivity contribution is 5.77. The molecule has 1 saturated carbocycles. The molecule has 1 heterocycles. The van der Waals surface area contributed by atoms with Crippen LogP contribution in [0.15, 0.2) is 0 Å². The molecule has 3 atom stereocenters. The first-order valence-corrected chi connectivity index (χ1v) is 5.08. The largest absolute Gasteiger partial charge is 0.469 e. The third kappa shape index (κ3) is 1.18. The number of methoxy groups -OCH3 is 1. The number of hydrogen-bond donors (Lipinski definition) is 0. The van der Waals surface area contributed by atoms with Gasteiger partial charge in [0.2, 0.25) is 0 Å². The topological polar surface area (TPSA) is 38.8 Å². The van der Waals surface area contributed by atoms with E-state index in [4.69, 9.17) is 9.47 Å². The summed E-state index contributed by atoms with van der Waals surface area (Å²) < 4.78 is 10.4. The lowest BCUT2D eigenvalue weighted by Crippen LogP contribution is -2.10. The maximum absolute atomic E-state index is 11.5. The minimum Gasteiger partial charge on any atom is -0.469 e. The van der Waals surface area contributed by atoms with Crippen LogP contribution in [0.5, 0.6) is 0 Å². The molecule has 0 amide bonds. The third-order valence-electron chi connectivity index (χ3n) is 3.75. The molecule has 80 valence electrons. The summed E-state index contributed by atoms with van der Waals surface area (Å²) in [5.74, 6) is 0.274. The molecule has 0 bridgehead atoms. The van der Waals surface area contributed by atoms with Crippen LogP contribution < -0.4 is 0 Å². The average Bonchev–Trinajstić information content (AvgIpc) is 2.84. The molecule has 1 aliphatic carbocycles. The Morgan fingerprint density at radius 3 is 2.14 bits per heavy atom. The summed E-state index contributed by atoms with van der Waals surface area (Å²) in [7, 11) is 1.45. The van der Waals surface area contributed by atoms with E-state index in [9.17, 15) is 4.79 Å². The molecule has 1 aliphatic heterocycles. The number of hydrogen-bond acceptors (Lipinski definition) is 3. The second kappa shape index (κ2) is 2.51. The molecule has 0 N–H and O–H groups in total. The first-order chi connectivity index (χ1) is 6.32. The van der Waals surface area contributed by atoms with E-state index < -0.39 is 0 Å². The Balaban J connectivity index is 2.07. The standard InChI is InChI=1S/C11H18O3/c1-10(2)6(7(10)9(12)13-5)8-11(3,4)14-8/h6-8H,1-5H3/t6-,7-,8-/m1/s1. The summed E-state index contributed by atoms with van der Waals surface area (Å²) in [5, 5.41) is 0. The number of carbonyl (C=O) groups is 1. The van der Waals surface area contributed by atoms with Gasteiger partial charge in [-0.15, -0.1) is 0 Å². The van der Waals surface area contributed by atoms with E-state index in [-0.39, 0.29) is 29.0 Å². The lowest BCUT2D eigenvalue weighted by Gasteiger charge is -1.99. The molecule has 14 heavy (non-hydrogen) atoms. The van der Waals surface area contributed by atoms with Gasteiger partial charge in [-0.2, -0.15) is 0 Å². The van der Waals surface area contributed by atoms with Crippen LogP contribution in [0.3, 0.4) is 0 Å². The van der Waals surface area contributed by atoms with Gasteiger partial charge in [-0.25, -0.2) is 0 Å². The van der Waals surface area contributed by atoms with Crippen LogP contribution in [0, 0.1) is 17.3 Å². The first kappa shape index (κ1) is 9.97. The van der Waals surface area contributed by atoms with Gasteiger partial charge in [0.1, 0.15) is 0 Å². The van der Waals surface area contributed by atoms with Gasteiger partial charge in [-0.1, -0.05) is 13.8 Å². The molecule has 3 nitrogen and oxygen atoms in total. The van der Waals surface area contributed by atoms with Crippen LogP contribution in [-0.2, 0) is 14.3 Å². The lowest BCUT2D eigenvalue weighted by molar-refractivity contribution is -0.143. The Bertz CT molecular complexity index is 280. The molecule has 0 unspecified atom stereocenters. The Hall–Kier alpha value is -0.570. The Kier molecular flexibility index (Phi) is 1.79. The molecule has 2 fully saturated rings. The van der Waals surface area contributed by atoms with Crippen molar-refractivity contribution in [1.82, 2.24) is 0 Å². The van der Waals surface area contributed by atoms with Crippen molar-refractivity contribution in [3.63, 3.8) is 0 Å². The molecule has 2 aliphatic rings. The van der Waals surface area contributed by atoms with Gasteiger partial charge in [0.25, 0.3) is 0 Å². The monoisotopic (exact) mass is 198 g/mol. The van der Waals surface area contributed by atoms with Crippen LogP contribution in [0.4, 0.5) is 0 Å². The molecule has 0 aromatic heterocycles. The zero-order valence-corrected chi connectivity index (χ0v) is 9.46. The number of esters is 1. The lowest BCUT2D eigenvalue weighted by atomic mass is 10.0. The van der Waals surface area contributed by atoms with Crippen molar-refractivity contribution in [3.05, 3.63) is 0 Å². The van der Waals surface area contributed by atoms with Gasteiger partial charge in [0.15, 0.2) is 0 Å². The zero-order valence-electron chi connectivity index (χ0n) is 9.46. The summed E-state index contributed by atoms with van der Waals surface area (Å²) in [6.45, 7) is 8.36. The quantitative estimate of drug-likeness (QED) is 0.500. The van der Waals surface area contributed by atoms with Crippen molar-refractivity contribution >= 4 is 5.97 Å². The molecular formula is C11H18O3. The van der Waals surface area contributed by atoms with Gasteiger partial charge in [0.05, 0.1) is 24.7 Å². The fraction of sp³-hybridized carbons (Fsp3) is 0.909. The van der Waals surface area contributed by atoms with Crippen molar-refractivity contribution < 1.29 is 14.3 Å². The molecule has 3 heteroatoms. The number of ether oxygens (including phenoxy) is 2. The van der Waals surface area contributed by atoms with Crippen LogP contribution in [0.1, 0.15) is 27.7 Å². The van der Waals surface area contributed by atoms with E-state index in [2.05, 4.69) is 27.7 Å². The summed E-state index contributed by atoms with van der Waals surface area (Å²) in [6.07, 6.45) is 0.238. The van der Waals surface area contributed by atoms with Crippen molar-refractivity contribution in [2.75, 3.05) is 7.11 Å². The fourth-order valence-corrected chi connectivity index (χ4v) is 2.62. The van der Waals surface area contributed by atoms with E-state index in [1.165, 1.54) is 7.11 Å². The average molecular weight is 198 g/mol. The zero-order chi connectivity index (χ0) is 10.7. The van der Waals surface area contributed by atoms with E-state index in [0.717, 1.165) is 0 Å². The van der Waals surface area contributed by atoms with E-state index in [1.807, 2.05) is 0 Å². The summed E-state index contributed by atoms with van der Waals surface area (Å²) in [5.41, 5.74) is 0.0102. The third-order valence-corrected chi connectivity index (χ3v) is 3.75. The number of carbonyl (C=O) groups excluding carboxylic acids is 1. The summed E-state index contributed by atoms with van der Waals surface area (Å²) in [4.78, 5) is 11.5. The molecular weight excluding hydrogens is 180 g/mol. The smallest absolute Gasteiger partial charge is 0.309 e. The Morgan fingerprint density at radius 1 is 1.29 bits per heavy atom. The van der Waals surface area contributed by atoms with Crippen LogP contribution >= 0.6 is 0 Å². The predicted octanol–water partition coefficient (Wildman–Crippen LogP) is 1.61. The Labute approximate surface area is 84.8 Å². The van der Waals surface area contributed by atoms with E-state index >= 15 is 0 Å². The first-order valence-electron chi connectivity index (χ1n) is 5.08. The van der Waals surface area contributed by atoms with Crippen molar-refractivity contribution in [3.8, 4) is 0 Å². The van der Waals surface area contributed by atoms with Gasteiger partial charge in [-0.05, 0) is 19.3 Å². The highest BCUT2D eigenvalue weighted by atomic mass is 16.6. The molecule has 0 aromatic carbocycles. The highest BCUT2D eigenvalue weighted by Gasteiger charge is 2.73. The fourth-order valence-electron chi connectivity index (χ4n) is 2.62. The molecule has 0 spiro atoms. The minimum absolute atomic E-state index is 0.0271. The van der Waals surface area contributed by atoms with Crippen molar-refractivity contribution in [2.24, 2.45) is 17.3 Å². The number of rotatable bonds is 2. The summed E-state index contributed by atoms with van der Waals surface area (Å²) in [6, 6.07) is 0. The van der Waals surface area contributed by atoms with Gasteiger partial charge in [-0.3, -0.25) is 4.79 Å². The minimum atomic E-state index is -0.0914. The normalized spacial score (nSPS) is 41.6. The van der Waals surface area contributed by atoms with E-state index in [0.29, 0.717) is 5.92 Å².